The Morgan fingerprint density at radius 2 is 1.88 bits per heavy atom. The molecule has 0 radical (unpaired) electrons. The van der Waals surface area contributed by atoms with Crippen LogP contribution in [0.1, 0.15) is 0 Å². The standard InChI is InChI=1S/C14H10OS/c15-13-4-1-3-10-6-7-11(9-12(10)13)14-5-2-8-16-14/h1-9,15H. The monoisotopic (exact) mass is 226 g/mol. The van der Waals surface area contributed by atoms with Gasteiger partial charge in [-0.25, -0.2) is 0 Å². The number of hydrogen-bond donors (Lipinski definition) is 1. The fourth-order valence-electron chi connectivity index (χ4n) is 1.85. The predicted molar refractivity (Wildman–Crippen MR) is 68.9 cm³/mol. The van der Waals surface area contributed by atoms with E-state index >= 15 is 0 Å². The quantitative estimate of drug-likeness (QED) is 0.656. The minimum Gasteiger partial charge on any atom is -0.507 e. The third-order valence-corrected chi connectivity index (χ3v) is 3.58. The Bertz CT molecular complexity index is 626. The topological polar surface area (TPSA) is 20.2 Å². The maximum absolute atomic E-state index is 9.80. The second-order valence-corrected chi connectivity index (χ2v) is 4.64. The molecule has 0 bridgehead atoms. The van der Waals surface area contributed by atoms with Gasteiger partial charge in [-0.1, -0.05) is 30.3 Å². The summed E-state index contributed by atoms with van der Waals surface area (Å²) in [5.41, 5.74) is 1.16. The smallest absolute Gasteiger partial charge is 0.123 e. The lowest BCUT2D eigenvalue weighted by atomic mass is 10.1. The summed E-state index contributed by atoms with van der Waals surface area (Å²) >= 11 is 1.71. The van der Waals surface area contributed by atoms with Crippen molar-refractivity contribution in [3.63, 3.8) is 0 Å². The SMILES string of the molecule is Oc1cccc2ccc(-c3cccs3)cc12. The molecule has 1 aromatic heterocycles. The first-order valence-electron chi connectivity index (χ1n) is 5.10. The number of hydrogen-bond acceptors (Lipinski definition) is 2. The van der Waals surface area contributed by atoms with Gasteiger partial charge in [-0.15, -0.1) is 11.3 Å². The maximum Gasteiger partial charge on any atom is 0.123 e. The Morgan fingerprint density at radius 3 is 2.69 bits per heavy atom. The van der Waals surface area contributed by atoms with Gasteiger partial charge in [-0.2, -0.15) is 0 Å². The lowest BCUT2D eigenvalue weighted by Crippen LogP contribution is -1.76. The van der Waals surface area contributed by atoms with Gasteiger partial charge in [-0.05, 0) is 34.5 Å². The lowest BCUT2D eigenvalue weighted by molar-refractivity contribution is 0.481. The van der Waals surface area contributed by atoms with Gasteiger partial charge in [0.15, 0.2) is 0 Å². The molecular formula is C14H10OS. The molecule has 0 aliphatic carbocycles. The van der Waals surface area contributed by atoms with Crippen LogP contribution >= 0.6 is 11.3 Å². The van der Waals surface area contributed by atoms with Crippen LogP contribution in [0.3, 0.4) is 0 Å². The second kappa shape index (κ2) is 3.65. The number of rotatable bonds is 1. The zero-order valence-electron chi connectivity index (χ0n) is 8.55. The Labute approximate surface area is 97.6 Å². The van der Waals surface area contributed by atoms with Crippen molar-refractivity contribution < 1.29 is 5.11 Å². The molecule has 3 aromatic rings. The van der Waals surface area contributed by atoms with Crippen LogP contribution in [-0.4, -0.2) is 5.11 Å². The highest BCUT2D eigenvalue weighted by atomic mass is 32.1. The predicted octanol–water partition coefficient (Wildman–Crippen LogP) is 4.27. The van der Waals surface area contributed by atoms with Crippen LogP contribution in [0.5, 0.6) is 5.75 Å². The van der Waals surface area contributed by atoms with Crippen molar-refractivity contribution in [2.45, 2.75) is 0 Å². The summed E-state index contributed by atoms with van der Waals surface area (Å²) < 4.78 is 0. The van der Waals surface area contributed by atoms with E-state index in [1.54, 1.807) is 17.4 Å². The molecule has 0 aliphatic rings. The van der Waals surface area contributed by atoms with Gasteiger partial charge in [0.05, 0.1) is 0 Å². The summed E-state index contributed by atoms with van der Waals surface area (Å²) in [4.78, 5) is 1.23. The molecule has 3 rings (SSSR count). The number of phenolic OH excluding ortho intramolecular Hbond substituents is 1. The molecule has 0 unspecified atom stereocenters. The molecule has 2 aromatic carbocycles. The molecule has 1 nitrogen and oxygen atoms in total. The molecule has 0 fully saturated rings. The molecule has 1 heterocycles. The van der Waals surface area contributed by atoms with Gasteiger partial charge < -0.3 is 5.11 Å². The molecule has 0 spiro atoms. The van der Waals surface area contributed by atoms with Crippen molar-refractivity contribution in [1.82, 2.24) is 0 Å². The number of thiophene rings is 1. The highest BCUT2D eigenvalue weighted by molar-refractivity contribution is 7.13. The summed E-state index contributed by atoms with van der Waals surface area (Å²) in [5.74, 6) is 0.343. The fraction of sp³-hybridized carbons (Fsp3) is 0. The van der Waals surface area contributed by atoms with E-state index in [-0.39, 0.29) is 0 Å². The van der Waals surface area contributed by atoms with E-state index in [0.29, 0.717) is 5.75 Å². The van der Waals surface area contributed by atoms with E-state index in [4.69, 9.17) is 0 Å². The van der Waals surface area contributed by atoms with Crippen LogP contribution in [0.25, 0.3) is 21.2 Å². The zero-order chi connectivity index (χ0) is 11.0. The van der Waals surface area contributed by atoms with E-state index in [2.05, 4.69) is 17.5 Å². The van der Waals surface area contributed by atoms with Crippen molar-refractivity contribution in [2.24, 2.45) is 0 Å². The van der Waals surface area contributed by atoms with Crippen molar-refractivity contribution in [2.75, 3.05) is 0 Å². The first kappa shape index (κ1) is 9.43. The average Bonchev–Trinajstić information content (AvgIpc) is 2.83. The number of phenols is 1. The minimum atomic E-state index is 0.343. The van der Waals surface area contributed by atoms with Gasteiger partial charge in [0.2, 0.25) is 0 Å². The van der Waals surface area contributed by atoms with Crippen LogP contribution in [0.15, 0.2) is 53.9 Å². The van der Waals surface area contributed by atoms with Crippen molar-refractivity contribution >= 4 is 22.1 Å². The Balaban J connectivity index is 2.27. The van der Waals surface area contributed by atoms with Crippen molar-refractivity contribution in [1.29, 1.82) is 0 Å². The molecule has 0 atom stereocenters. The van der Waals surface area contributed by atoms with Crippen LogP contribution in [0, 0.1) is 0 Å². The molecule has 2 heteroatoms. The molecule has 0 aliphatic heterocycles. The number of aromatic hydroxyl groups is 1. The van der Waals surface area contributed by atoms with Gasteiger partial charge >= 0.3 is 0 Å². The van der Waals surface area contributed by atoms with E-state index in [1.165, 1.54) is 4.88 Å². The summed E-state index contributed by atoms with van der Waals surface area (Å²) in [6, 6.07) is 15.9. The van der Waals surface area contributed by atoms with Crippen LogP contribution in [0.2, 0.25) is 0 Å². The molecule has 0 amide bonds. The van der Waals surface area contributed by atoms with Crippen LogP contribution in [-0.2, 0) is 0 Å². The highest BCUT2D eigenvalue weighted by Gasteiger charge is 2.03. The Kier molecular flexibility index (Phi) is 2.15. The van der Waals surface area contributed by atoms with Crippen molar-refractivity contribution in [3.05, 3.63) is 53.9 Å². The van der Waals surface area contributed by atoms with Crippen LogP contribution in [0.4, 0.5) is 0 Å². The Morgan fingerprint density at radius 1 is 0.938 bits per heavy atom. The van der Waals surface area contributed by atoms with E-state index in [9.17, 15) is 5.11 Å². The molecule has 0 saturated heterocycles. The molecular weight excluding hydrogens is 216 g/mol. The summed E-state index contributed by atoms with van der Waals surface area (Å²) in [6.07, 6.45) is 0. The van der Waals surface area contributed by atoms with Gasteiger partial charge in [0, 0.05) is 10.3 Å². The number of benzene rings is 2. The molecule has 1 N–H and O–H groups in total. The first-order valence-corrected chi connectivity index (χ1v) is 5.98. The van der Waals surface area contributed by atoms with Gasteiger partial charge in [-0.3, -0.25) is 0 Å². The lowest BCUT2D eigenvalue weighted by Gasteiger charge is -2.03. The van der Waals surface area contributed by atoms with E-state index < -0.39 is 0 Å². The molecule has 78 valence electrons. The minimum absolute atomic E-state index is 0.343. The zero-order valence-corrected chi connectivity index (χ0v) is 9.37. The summed E-state index contributed by atoms with van der Waals surface area (Å²) in [6.45, 7) is 0. The second-order valence-electron chi connectivity index (χ2n) is 3.69. The van der Waals surface area contributed by atoms with Gasteiger partial charge in [0.25, 0.3) is 0 Å². The number of fused-ring (bicyclic) bond motifs is 1. The normalized spacial score (nSPS) is 10.8. The highest BCUT2D eigenvalue weighted by Crippen LogP contribution is 2.31. The third-order valence-electron chi connectivity index (χ3n) is 2.66. The average molecular weight is 226 g/mol. The van der Waals surface area contributed by atoms with E-state index in [0.717, 1.165) is 16.3 Å². The fourth-order valence-corrected chi connectivity index (χ4v) is 2.58. The molecule has 16 heavy (non-hydrogen) atoms. The first-order chi connectivity index (χ1) is 7.84. The van der Waals surface area contributed by atoms with E-state index in [1.807, 2.05) is 30.3 Å². The largest absolute Gasteiger partial charge is 0.507 e. The van der Waals surface area contributed by atoms with Crippen molar-refractivity contribution in [3.8, 4) is 16.2 Å². The van der Waals surface area contributed by atoms with Gasteiger partial charge in [0.1, 0.15) is 5.75 Å². The maximum atomic E-state index is 9.80. The third kappa shape index (κ3) is 1.48. The van der Waals surface area contributed by atoms with Crippen LogP contribution < -0.4 is 0 Å². The summed E-state index contributed by atoms with van der Waals surface area (Å²) in [5, 5.41) is 13.8. The Hall–Kier alpha value is -1.80. The molecule has 0 saturated carbocycles. The summed E-state index contributed by atoms with van der Waals surface area (Å²) in [7, 11) is 0.